The number of aryl methyl sites for hydroxylation is 1. The Hall–Kier alpha value is -2.99. The summed E-state index contributed by atoms with van der Waals surface area (Å²) in [4.78, 5) is 16.4. The third-order valence-corrected chi connectivity index (χ3v) is 6.04. The number of phenolic OH excluding ortho intramolecular Hbond substituents is 1. The van der Waals surface area contributed by atoms with E-state index in [2.05, 4.69) is 16.0 Å². The summed E-state index contributed by atoms with van der Waals surface area (Å²) in [5.41, 5.74) is 3.41. The molecule has 0 atom stereocenters. The van der Waals surface area contributed by atoms with E-state index in [1.54, 1.807) is 18.2 Å². The third kappa shape index (κ3) is 4.94. The van der Waals surface area contributed by atoms with E-state index in [-0.39, 0.29) is 0 Å². The molecular formula is C24H28N2O4. The molecule has 1 saturated heterocycles. The highest BCUT2D eigenvalue weighted by Gasteiger charge is 2.20. The van der Waals surface area contributed by atoms with Crippen LogP contribution in [0.1, 0.15) is 42.7 Å². The average molecular weight is 408 g/mol. The van der Waals surface area contributed by atoms with Crippen LogP contribution >= 0.6 is 0 Å². The Morgan fingerprint density at radius 2 is 1.97 bits per heavy atom. The van der Waals surface area contributed by atoms with Crippen molar-refractivity contribution in [1.29, 1.82) is 0 Å². The number of nitrogens with zero attached hydrogens (tertiary/aromatic N) is 1. The summed E-state index contributed by atoms with van der Waals surface area (Å²) < 4.78 is 4.72. The molecule has 0 unspecified atom stereocenters. The zero-order valence-corrected chi connectivity index (χ0v) is 17.0. The largest absolute Gasteiger partial charge is 0.511 e. The number of phenols is 1. The Balaban J connectivity index is 1.22. The van der Waals surface area contributed by atoms with Crippen molar-refractivity contribution in [2.24, 2.45) is 0 Å². The van der Waals surface area contributed by atoms with Crippen LogP contribution in [0.3, 0.4) is 0 Å². The highest BCUT2D eigenvalue weighted by Crippen LogP contribution is 2.30. The van der Waals surface area contributed by atoms with Crippen molar-refractivity contribution in [3.63, 3.8) is 0 Å². The van der Waals surface area contributed by atoms with E-state index >= 15 is 0 Å². The van der Waals surface area contributed by atoms with Gasteiger partial charge < -0.3 is 24.8 Å². The number of aromatic amines is 1. The fraction of sp³-hybridized carbons (Fsp3) is 0.375. The minimum Gasteiger partial charge on any atom is -0.508 e. The molecule has 6 nitrogen and oxygen atoms in total. The topological polar surface area (TPSA) is 85.8 Å². The summed E-state index contributed by atoms with van der Waals surface area (Å²) in [5, 5.41) is 19.5. The number of carboxylic acid groups (broad SMARTS) is 1. The molecular weight excluding hydrogens is 380 g/mol. The number of rotatable bonds is 7. The zero-order valence-electron chi connectivity index (χ0n) is 17.0. The number of ether oxygens (including phenoxy) is 1. The van der Waals surface area contributed by atoms with Crippen LogP contribution in [0.15, 0.2) is 48.7 Å². The molecule has 1 aliphatic heterocycles. The van der Waals surface area contributed by atoms with E-state index in [0.29, 0.717) is 17.4 Å². The number of hydrogen-bond donors (Lipinski definition) is 3. The number of likely N-dealkylation sites (tertiary alicyclic amines) is 1. The van der Waals surface area contributed by atoms with Crippen molar-refractivity contribution in [2.45, 2.75) is 38.0 Å². The molecule has 0 saturated carbocycles. The smallest absolute Gasteiger partial charge is 0.508 e. The highest BCUT2D eigenvalue weighted by atomic mass is 16.7. The Morgan fingerprint density at radius 1 is 1.13 bits per heavy atom. The number of H-pyrrole nitrogens is 1. The summed E-state index contributed by atoms with van der Waals surface area (Å²) in [5.74, 6) is 1.24. The second-order valence-electron chi connectivity index (χ2n) is 8.06. The number of aromatic nitrogens is 1. The minimum atomic E-state index is -1.30. The van der Waals surface area contributed by atoms with Crippen LogP contribution in [-0.2, 0) is 6.42 Å². The highest BCUT2D eigenvalue weighted by molar-refractivity contribution is 5.85. The normalized spacial score (nSPS) is 15.5. The number of benzene rings is 2. The first-order valence-corrected chi connectivity index (χ1v) is 10.6. The van der Waals surface area contributed by atoms with Crippen molar-refractivity contribution in [1.82, 2.24) is 9.88 Å². The minimum absolute atomic E-state index is 0.331. The number of hydrogen-bond acceptors (Lipinski definition) is 4. The Kier molecular flexibility index (Phi) is 6.23. The first kappa shape index (κ1) is 20.3. The zero-order chi connectivity index (χ0) is 20.9. The van der Waals surface area contributed by atoms with E-state index < -0.39 is 6.16 Å². The van der Waals surface area contributed by atoms with Gasteiger partial charge in [0.2, 0.25) is 0 Å². The van der Waals surface area contributed by atoms with Crippen LogP contribution in [0.25, 0.3) is 10.9 Å². The number of carbonyl (C=O) groups is 1. The molecule has 4 rings (SSSR count). The molecule has 0 aliphatic carbocycles. The second kappa shape index (κ2) is 9.22. The Labute approximate surface area is 176 Å². The van der Waals surface area contributed by atoms with Crippen molar-refractivity contribution < 1.29 is 19.7 Å². The van der Waals surface area contributed by atoms with Crippen LogP contribution in [0.2, 0.25) is 0 Å². The quantitative estimate of drug-likeness (QED) is 0.287. The van der Waals surface area contributed by atoms with Gasteiger partial charge >= 0.3 is 6.16 Å². The van der Waals surface area contributed by atoms with Crippen molar-refractivity contribution >= 4 is 17.1 Å². The lowest BCUT2D eigenvalue weighted by Crippen LogP contribution is -2.33. The molecule has 3 N–H and O–H groups in total. The molecule has 0 bridgehead atoms. The molecule has 1 aliphatic rings. The van der Waals surface area contributed by atoms with Gasteiger partial charge in [-0.3, -0.25) is 0 Å². The molecule has 3 aromatic rings. The maximum atomic E-state index is 10.7. The van der Waals surface area contributed by atoms with Crippen molar-refractivity contribution in [2.75, 3.05) is 19.6 Å². The fourth-order valence-electron chi connectivity index (χ4n) is 4.46. The van der Waals surface area contributed by atoms with E-state index in [1.165, 1.54) is 11.1 Å². The molecule has 6 heteroatoms. The van der Waals surface area contributed by atoms with Crippen LogP contribution in [0.5, 0.6) is 11.5 Å². The van der Waals surface area contributed by atoms with Gasteiger partial charge in [0.15, 0.2) is 0 Å². The van der Waals surface area contributed by atoms with E-state index in [1.807, 2.05) is 24.4 Å². The second-order valence-corrected chi connectivity index (χ2v) is 8.06. The van der Waals surface area contributed by atoms with E-state index in [0.717, 1.165) is 62.6 Å². The molecule has 1 fully saturated rings. The standard InChI is InChI=1S/C24H28N2O4/c27-20-6-3-5-18(14-20)17-9-12-26(13-10-17)11-2-1-4-19-16-25-23-15-21(30-24(28)29)7-8-22(19)23/h3,5-8,14-17,25,27H,1-2,4,9-13H2,(H,28,29). The van der Waals surface area contributed by atoms with Gasteiger partial charge in [0.05, 0.1) is 0 Å². The average Bonchev–Trinajstić information content (AvgIpc) is 3.13. The summed E-state index contributed by atoms with van der Waals surface area (Å²) in [6, 6.07) is 13.0. The summed E-state index contributed by atoms with van der Waals surface area (Å²) >= 11 is 0. The van der Waals surface area contributed by atoms with E-state index in [9.17, 15) is 9.90 Å². The predicted molar refractivity (Wildman–Crippen MR) is 116 cm³/mol. The van der Waals surface area contributed by atoms with Gasteiger partial charge in [-0.05, 0) is 93.0 Å². The lowest BCUT2D eigenvalue weighted by Gasteiger charge is -2.32. The van der Waals surface area contributed by atoms with E-state index in [4.69, 9.17) is 9.84 Å². The van der Waals surface area contributed by atoms with Crippen LogP contribution < -0.4 is 4.74 Å². The molecule has 158 valence electrons. The predicted octanol–water partition coefficient (Wildman–Crippen LogP) is 5.13. The van der Waals surface area contributed by atoms with Gasteiger partial charge in [0.25, 0.3) is 0 Å². The molecule has 0 spiro atoms. The lowest BCUT2D eigenvalue weighted by atomic mass is 9.89. The SMILES string of the molecule is O=C(O)Oc1ccc2c(CCCCN3CCC(c4cccc(O)c4)CC3)c[nH]c2c1. The first-order chi connectivity index (χ1) is 14.6. The lowest BCUT2D eigenvalue weighted by molar-refractivity contribution is 0.144. The monoisotopic (exact) mass is 408 g/mol. The van der Waals surface area contributed by atoms with Crippen molar-refractivity contribution in [3.05, 3.63) is 59.8 Å². The Bertz CT molecular complexity index is 1010. The first-order valence-electron chi connectivity index (χ1n) is 10.6. The molecule has 0 amide bonds. The Morgan fingerprint density at radius 3 is 2.73 bits per heavy atom. The van der Waals surface area contributed by atoms with Crippen LogP contribution in [0, 0.1) is 0 Å². The van der Waals surface area contributed by atoms with Gasteiger partial charge in [-0.2, -0.15) is 0 Å². The summed E-state index contributed by atoms with van der Waals surface area (Å²) in [6.07, 6.45) is 6.28. The van der Waals surface area contributed by atoms with Gasteiger partial charge in [-0.1, -0.05) is 12.1 Å². The molecule has 1 aromatic heterocycles. The number of nitrogens with one attached hydrogen (secondary N) is 1. The molecule has 2 aromatic carbocycles. The fourth-order valence-corrected chi connectivity index (χ4v) is 4.46. The van der Waals surface area contributed by atoms with Gasteiger partial charge in [0.1, 0.15) is 11.5 Å². The summed E-state index contributed by atoms with van der Waals surface area (Å²) in [6.45, 7) is 3.34. The maximum absolute atomic E-state index is 10.7. The maximum Gasteiger partial charge on any atom is 0.511 e. The third-order valence-electron chi connectivity index (χ3n) is 6.04. The van der Waals surface area contributed by atoms with Crippen LogP contribution in [-0.4, -0.2) is 45.9 Å². The summed E-state index contributed by atoms with van der Waals surface area (Å²) in [7, 11) is 0. The van der Waals surface area contributed by atoms with Gasteiger partial charge in [-0.25, -0.2) is 4.79 Å². The number of fused-ring (bicyclic) bond motifs is 1. The molecule has 0 radical (unpaired) electrons. The van der Waals surface area contributed by atoms with Crippen molar-refractivity contribution in [3.8, 4) is 11.5 Å². The molecule has 30 heavy (non-hydrogen) atoms. The number of piperidine rings is 1. The number of aromatic hydroxyl groups is 1. The van der Waals surface area contributed by atoms with Gasteiger partial charge in [-0.15, -0.1) is 0 Å². The van der Waals surface area contributed by atoms with Crippen LogP contribution in [0.4, 0.5) is 4.79 Å². The number of unbranched alkanes of at least 4 members (excludes halogenated alkanes) is 1. The van der Waals surface area contributed by atoms with Gasteiger partial charge in [0, 0.05) is 23.2 Å². The molecule has 2 heterocycles.